The van der Waals surface area contributed by atoms with Crippen molar-refractivity contribution in [2.45, 2.75) is 31.1 Å². The fraction of sp³-hybridized carbons (Fsp3) is 0.333. The molecule has 0 aliphatic carbocycles. The number of sulfonamides is 1. The van der Waals surface area contributed by atoms with Crippen LogP contribution in [0.3, 0.4) is 0 Å². The summed E-state index contributed by atoms with van der Waals surface area (Å²) in [5, 5.41) is 3.89. The van der Waals surface area contributed by atoms with Gasteiger partial charge in [-0.1, -0.05) is 23.7 Å². The lowest BCUT2D eigenvalue weighted by molar-refractivity contribution is 0.346. The van der Waals surface area contributed by atoms with Gasteiger partial charge in [0.2, 0.25) is 15.8 Å². The van der Waals surface area contributed by atoms with E-state index < -0.39 is 10.0 Å². The molecule has 2 aromatic heterocycles. The highest BCUT2D eigenvalue weighted by Gasteiger charge is 2.29. The van der Waals surface area contributed by atoms with Gasteiger partial charge in [0, 0.05) is 23.5 Å². The zero-order valence-electron chi connectivity index (χ0n) is 14.7. The summed E-state index contributed by atoms with van der Waals surface area (Å²) in [6.45, 7) is 2.88. The fourth-order valence-corrected chi connectivity index (χ4v) is 6.14. The number of aryl methyl sites for hydroxylation is 1. The zero-order valence-corrected chi connectivity index (χ0v) is 16.3. The first-order valence-electron chi connectivity index (χ1n) is 8.66. The highest BCUT2D eigenvalue weighted by molar-refractivity contribution is 7.89. The van der Waals surface area contributed by atoms with E-state index in [0.29, 0.717) is 28.4 Å². The van der Waals surface area contributed by atoms with Crippen molar-refractivity contribution < 1.29 is 17.3 Å². The normalized spacial score (nSPS) is 15.9. The summed E-state index contributed by atoms with van der Waals surface area (Å²) in [7, 11) is -3.53. The van der Waals surface area contributed by atoms with Crippen molar-refractivity contribution >= 4 is 21.4 Å². The van der Waals surface area contributed by atoms with Crippen molar-refractivity contribution in [3.05, 3.63) is 41.0 Å². The van der Waals surface area contributed by atoms with Gasteiger partial charge in [0.05, 0.1) is 9.77 Å². The van der Waals surface area contributed by atoms with Crippen LogP contribution in [0.2, 0.25) is 0 Å². The van der Waals surface area contributed by atoms with Crippen LogP contribution in [0.25, 0.3) is 22.2 Å². The minimum absolute atomic E-state index is 0.224. The van der Waals surface area contributed by atoms with Gasteiger partial charge in [0.15, 0.2) is 0 Å². The van der Waals surface area contributed by atoms with Crippen LogP contribution in [0.5, 0.6) is 0 Å². The molecule has 0 radical (unpaired) electrons. The van der Waals surface area contributed by atoms with E-state index >= 15 is 0 Å². The van der Waals surface area contributed by atoms with E-state index in [2.05, 4.69) is 10.1 Å². The van der Waals surface area contributed by atoms with Gasteiger partial charge in [-0.05, 0) is 38.0 Å². The average Bonchev–Trinajstić information content (AvgIpc) is 3.29. The van der Waals surface area contributed by atoms with Gasteiger partial charge >= 0.3 is 0 Å². The van der Waals surface area contributed by atoms with Gasteiger partial charge in [0.1, 0.15) is 5.82 Å². The van der Waals surface area contributed by atoms with Gasteiger partial charge in [0.25, 0.3) is 5.89 Å². The molecule has 0 unspecified atom stereocenters. The first-order valence-corrected chi connectivity index (χ1v) is 10.9. The van der Waals surface area contributed by atoms with Crippen LogP contribution in [0.1, 0.15) is 24.1 Å². The quantitative estimate of drug-likeness (QED) is 0.651. The molecule has 0 amide bonds. The molecule has 1 aromatic carbocycles. The lowest BCUT2D eigenvalue weighted by Crippen LogP contribution is -2.35. The van der Waals surface area contributed by atoms with Gasteiger partial charge in [-0.3, -0.25) is 0 Å². The number of halogens is 1. The van der Waals surface area contributed by atoms with Crippen molar-refractivity contribution in [2.24, 2.45) is 0 Å². The summed E-state index contributed by atoms with van der Waals surface area (Å²) in [5.41, 5.74) is 0.499. The molecule has 1 saturated heterocycles. The molecule has 3 aromatic rings. The van der Waals surface area contributed by atoms with Crippen molar-refractivity contribution in [1.29, 1.82) is 0 Å². The summed E-state index contributed by atoms with van der Waals surface area (Å²) >= 11 is 1.29. The molecule has 1 aliphatic rings. The molecule has 9 heteroatoms. The van der Waals surface area contributed by atoms with Crippen LogP contribution in [-0.4, -0.2) is 36.0 Å². The van der Waals surface area contributed by atoms with Crippen LogP contribution < -0.4 is 0 Å². The molecule has 0 bridgehead atoms. The number of benzene rings is 1. The number of hydrogen-bond donors (Lipinski definition) is 0. The van der Waals surface area contributed by atoms with Gasteiger partial charge in [-0.2, -0.15) is 9.29 Å². The Morgan fingerprint density at radius 2 is 1.96 bits per heavy atom. The maximum Gasteiger partial charge on any atom is 0.268 e. The molecular weight excluding hydrogens is 389 g/mol. The molecule has 27 heavy (non-hydrogen) atoms. The Bertz CT molecular complexity index is 1070. The van der Waals surface area contributed by atoms with Crippen molar-refractivity contribution in [3.63, 3.8) is 0 Å². The minimum Gasteiger partial charge on any atom is -0.333 e. The SMILES string of the molecule is Cc1sc(-c2nc(-c3cccc(F)c3)no2)cc1S(=O)(=O)N1CCCCC1. The third-order valence-corrected chi connectivity index (χ3v) is 7.72. The number of rotatable bonds is 4. The maximum absolute atomic E-state index is 13.4. The summed E-state index contributed by atoms with van der Waals surface area (Å²) in [5.74, 6) is 0.0965. The van der Waals surface area contributed by atoms with Crippen molar-refractivity contribution in [2.75, 3.05) is 13.1 Å². The molecule has 1 aliphatic heterocycles. The lowest BCUT2D eigenvalue weighted by Gasteiger charge is -2.25. The molecule has 142 valence electrons. The van der Waals surface area contributed by atoms with E-state index in [0.717, 1.165) is 19.3 Å². The molecular formula is C18H18FN3O3S2. The molecule has 0 N–H and O–H groups in total. The van der Waals surface area contributed by atoms with Crippen LogP contribution in [0, 0.1) is 12.7 Å². The summed E-state index contributed by atoms with van der Waals surface area (Å²) in [6.07, 6.45) is 2.83. The standard InChI is InChI=1S/C18H18FN3O3S2/c1-12-16(27(23,24)22-8-3-2-4-9-22)11-15(26-12)18-20-17(21-25-18)13-6-5-7-14(19)10-13/h5-7,10-11H,2-4,8-9H2,1H3. The summed E-state index contributed by atoms with van der Waals surface area (Å²) in [4.78, 5) is 5.85. The molecule has 1 fully saturated rings. The third-order valence-electron chi connectivity index (χ3n) is 4.52. The Kier molecular flexibility index (Phi) is 4.83. The molecule has 0 atom stereocenters. The Hall–Kier alpha value is -2.10. The second-order valence-electron chi connectivity index (χ2n) is 6.43. The number of aromatic nitrogens is 2. The van der Waals surface area contributed by atoms with E-state index in [-0.39, 0.29) is 22.4 Å². The molecule has 6 nitrogen and oxygen atoms in total. The molecule has 0 spiro atoms. The Labute approximate surface area is 160 Å². The Morgan fingerprint density at radius 3 is 2.70 bits per heavy atom. The first-order chi connectivity index (χ1) is 12.9. The average molecular weight is 407 g/mol. The molecule has 0 saturated carbocycles. The van der Waals surface area contributed by atoms with E-state index in [4.69, 9.17) is 4.52 Å². The predicted octanol–water partition coefficient (Wildman–Crippen LogP) is 4.09. The topological polar surface area (TPSA) is 76.3 Å². The maximum atomic E-state index is 13.4. The van der Waals surface area contributed by atoms with Crippen LogP contribution >= 0.6 is 11.3 Å². The number of hydrogen-bond acceptors (Lipinski definition) is 6. The fourth-order valence-electron chi connectivity index (χ4n) is 3.14. The largest absolute Gasteiger partial charge is 0.333 e. The summed E-state index contributed by atoms with van der Waals surface area (Å²) < 4.78 is 46.1. The molecule has 3 heterocycles. The zero-order chi connectivity index (χ0) is 19.0. The van der Waals surface area contributed by atoms with E-state index in [1.54, 1.807) is 29.4 Å². The Balaban J connectivity index is 1.66. The number of nitrogens with zero attached hydrogens (tertiary/aromatic N) is 3. The van der Waals surface area contributed by atoms with Crippen LogP contribution in [-0.2, 0) is 10.0 Å². The Morgan fingerprint density at radius 1 is 1.19 bits per heavy atom. The van der Waals surface area contributed by atoms with E-state index in [9.17, 15) is 12.8 Å². The second-order valence-corrected chi connectivity index (χ2v) is 9.59. The highest BCUT2D eigenvalue weighted by Crippen LogP contribution is 2.35. The molecule has 4 rings (SSSR count). The minimum atomic E-state index is -3.53. The van der Waals surface area contributed by atoms with Crippen LogP contribution in [0.15, 0.2) is 39.8 Å². The van der Waals surface area contributed by atoms with Gasteiger partial charge in [-0.25, -0.2) is 12.8 Å². The first kappa shape index (κ1) is 18.3. The monoisotopic (exact) mass is 407 g/mol. The van der Waals surface area contributed by atoms with Gasteiger partial charge in [-0.15, -0.1) is 11.3 Å². The van der Waals surface area contributed by atoms with Crippen molar-refractivity contribution in [1.82, 2.24) is 14.4 Å². The predicted molar refractivity (Wildman–Crippen MR) is 100 cm³/mol. The summed E-state index contributed by atoms with van der Waals surface area (Å²) in [6, 6.07) is 7.50. The third kappa shape index (κ3) is 3.54. The van der Waals surface area contributed by atoms with Crippen LogP contribution in [0.4, 0.5) is 4.39 Å². The van der Waals surface area contributed by atoms with Crippen molar-refractivity contribution in [3.8, 4) is 22.2 Å². The number of thiophene rings is 1. The number of piperidine rings is 1. The smallest absolute Gasteiger partial charge is 0.268 e. The van der Waals surface area contributed by atoms with E-state index in [1.165, 1.54) is 23.5 Å². The van der Waals surface area contributed by atoms with Gasteiger partial charge < -0.3 is 4.52 Å². The van der Waals surface area contributed by atoms with E-state index in [1.807, 2.05) is 0 Å². The highest BCUT2D eigenvalue weighted by atomic mass is 32.2. The lowest BCUT2D eigenvalue weighted by atomic mass is 10.2. The second kappa shape index (κ2) is 7.14.